The zero-order valence-corrected chi connectivity index (χ0v) is 8.27. The molecule has 0 bridgehead atoms. The summed E-state index contributed by atoms with van der Waals surface area (Å²) in [6.45, 7) is 2.59. The molecule has 0 radical (unpaired) electrons. The molecular weight excluding hydrogens is 176 g/mol. The van der Waals surface area contributed by atoms with Crippen molar-refractivity contribution in [1.82, 2.24) is 0 Å². The van der Waals surface area contributed by atoms with Crippen molar-refractivity contribution < 1.29 is 9.47 Å². The van der Waals surface area contributed by atoms with Crippen molar-refractivity contribution in [2.24, 2.45) is 5.92 Å². The van der Waals surface area contributed by atoms with Gasteiger partial charge >= 0.3 is 0 Å². The van der Waals surface area contributed by atoms with Crippen LogP contribution in [0.5, 0.6) is 0 Å². The van der Waals surface area contributed by atoms with E-state index in [1.54, 1.807) is 0 Å². The lowest BCUT2D eigenvalue weighted by atomic mass is 9.97. The molecule has 1 heterocycles. The highest BCUT2D eigenvalue weighted by molar-refractivity contribution is 5.35. The highest BCUT2D eigenvalue weighted by atomic mass is 16.7. The number of hydrogen-bond acceptors (Lipinski definition) is 2. The first-order chi connectivity index (χ1) is 6.86. The molecule has 3 rings (SSSR count). The number of hydrogen-bond donors (Lipinski definition) is 0. The van der Waals surface area contributed by atoms with Gasteiger partial charge in [-0.3, -0.25) is 0 Å². The van der Waals surface area contributed by atoms with Gasteiger partial charge in [-0.15, -0.1) is 0 Å². The van der Waals surface area contributed by atoms with Crippen LogP contribution in [0.15, 0.2) is 24.3 Å². The van der Waals surface area contributed by atoms with Gasteiger partial charge in [-0.05, 0) is 24.5 Å². The fourth-order valence-electron chi connectivity index (χ4n) is 2.56. The van der Waals surface area contributed by atoms with Crippen molar-refractivity contribution in [3.63, 3.8) is 0 Å². The van der Waals surface area contributed by atoms with Crippen LogP contribution in [0.2, 0.25) is 0 Å². The van der Waals surface area contributed by atoms with Gasteiger partial charge in [-0.2, -0.15) is 0 Å². The van der Waals surface area contributed by atoms with E-state index >= 15 is 0 Å². The van der Waals surface area contributed by atoms with Crippen molar-refractivity contribution >= 4 is 0 Å². The zero-order chi connectivity index (χ0) is 9.54. The maximum Gasteiger partial charge on any atom is 0.147 e. The minimum absolute atomic E-state index is 0.273. The molecule has 0 N–H and O–H groups in total. The Morgan fingerprint density at radius 1 is 1.21 bits per heavy atom. The van der Waals surface area contributed by atoms with E-state index in [-0.39, 0.29) is 6.10 Å². The molecule has 0 saturated carbocycles. The van der Waals surface area contributed by atoms with Crippen molar-refractivity contribution in [3.05, 3.63) is 35.4 Å². The number of benzene rings is 1. The highest BCUT2D eigenvalue weighted by Gasteiger charge is 2.39. The van der Waals surface area contributed by atoms with Crippen LogP contribution in [0, 0.1) is 5.92 Å². The van der Waals surface area contributed by atoms with E-state index in [4.69, 9.17) is 9.47 Å². The van der Waals surface area contributed by atoms with E-state index in [2.05, 4.69) is 31.2 Å². The molecule has 74 valence electrons. The van der Waals surface area contributed by atoms with Crippen molar-refractivity contribution in [3.8, 4) is 0 Å². The van der Waals surface area contributed by atoms with E-state index in [0.29, 0.717) is 18.8 Å². The van der Waals surface area contributed by atoms with E-state index in [0.717, 1.165) is 6.42 Å². The van der Waals surface area contributed by atoms with Crippen LogP contribution in [0.3, 0.4) is 0 Å². The molecule has 1 aliphatic carbocycles. The summed E-state index contributed by atoms with van der Waals surface area (Å²) in [6.07, 6.45) is 1.69. The first kappa shape index (κ1) is 8.45. The molecule has 2 heteroatoms. The summed E-state index contributed by atoms with van der Waals surface area (Å²) in [7, 11) is 0. The number of ether oxygens (including phenoxy) is 2. The van der Waals surface area contributed by atoms with Gasteiger partial charge < -0.3 is 9.47 Å². The van der Waals surface area contributed by atoms with E-state index in [1.165, 1.54) is 11.1 Å². The lowest BCUT2D eigenvalue weighted by Gasteiger charge is -2.32. The van der Waals surface area contributed by atoms with Crippen molar-refractivity contribution in [2.75, 3.05) is 6.79 Å². The third kappa shape index (κ3) is 1.11. The molecule has 0 unspecified atom stereocenters. The normalized spacial score (nSPS) is 35.1. The largest absolute Gasteiger partial charge is 0.352 e. The topological polar surface area (TPSA) is 18.5 Å². The molecule has 0 amide bonds. The third-order valence-electron chi connectivity index (χ3n) is 3.39. The van der Waals surface area contributed by atoms with Gasteiger partial charge in [0.15, 0.2) is 0 Å². The molecule has 1 aromatic rings. The maximum absolute atomic E-state index is 5.68. The summed E-state index contributed by atoms with van der Waals surface area (Å²) in [6, 6.07) is 8.56. The quantitative estimate of drug-likeness (QED) is 0.625. The second-order valence-corrected chi connectivity index (χ2v) is 4.14. The fraction of sp³-hybridized carbons (Fsp3) is 0.500. The van der Waals surface area contributed by atoms with Crippen molar-refractivity contribution in [1.29, 1.82) is 0 Å². The van der Waals surface area contributed by atoms with Gasteiger partial charge in [0.1, 0.15) is 6.79 Å². The van der Waals surface area contributed by atoms with Gasteiger partial charge in [0.05, 0.1) is 12.2 Å². The second kappa shape index (κ2) is 3.07. The summed E-state index contributed by atoms with van der Waals surface area (Å²) >= 11 is 0. The molecule has 14 heavy (non-hydrogen) atoms. The van der Waals surface area contributed by atoms with Crippen LogP contribution in [0.4, 0.5) is 0 Å². The summed E-state index contributed by atoms with van der Waals surface area (Å²) in [5.41, 5.74) is 2.80. The van der Waals surface area contributed by atoms with Gasteiger partial charge in [-0.1, -0.05) is 24.3 Å². The number of rotatable bonds is 0. The van der Waals surface area contributed by atoms with E-state index in [9.17, 15) is 0 Å². The average molecular weight is 190 g/mol. The SMILES string of the molecule is C[C@H]1OCO[C@H]2c3ccccc3C[C@@H]12. The molecule has 0 spiro atoms. The Bertz CT molecular complexity index is 348. The van der Waals surface area contributed by atoms with Gasteiger partial charge in [-0.25, -0.2) is 0 Å². The summed E-state index contributed by atoms with van der Waals surface area (Å²) in [4.78, 5) is 0. The second-order valence-electron chi connectivity index (χ2n) is 4.14. The van der Waals surface area contributed by atoms with Crippen LogP contribution < -0.4 is 0 Å². The minimum atomic E-state index is 0.273. The molecular formula is C12H14O2. The summed E-state index contributed by atoms with van der Waals surface area (Å²) in [5.74, 6) is 0.515. The Labute approximate surface area is 83.8 Å². The van der Waals surface area contributed by atoms with Gasteiger partial charge in [0, 0.05) is 5.92 Å². The molecule has 1 saturated heterocycles. The molecule has 3 atom stereocenters. The predicted octanol–water partition coefficient (Wildman–Crippen LogP) is 2.29. The molecule has 1 aliphatic heterocycles. The first-order valence-corrected chi connectivity index (χ1v) is 5.17. The minimum Gasteiger partial charge on any atom is -0.352 e. The smallest absolute Gasteiger partial charge is 0.147 e. The Hall–Kier alpha value is -0.860. The van der Waals surface area contributed by atoms with Crippen LogP contribution >= 0.6 is 0 Å². The van der Waals surface area contributed by atoms with Crippen LogP contribution in [-0.2, 0) is 15.9 Å². The monoisotopic (exact) mass is 190 g/mol. The highest BCUT2D eigenvalue weighted by Crippen LogP contribution is 2.43. The molecule has 1 aromatic carbocycles. The summed E-state index contributed by atoms with van der Waals surface area (Å²) < 4.78 is 11.2. The Morgan fingerprint density at radius 3 is 3.00 bits per heavy atom. The van der Waals surface area contributed by atoms with Crippen LogP contribution in [0.25, 0.3) is 0 Å². The Balaban J connectivity index is 2.00. The maximum atomic E-state index is 5.68. The molecule has 1 fully saturated rings. The van der Waals surface area contributed by atoms with Crippen LogP contribution in [-0.4, -0.2) is 12.9 Å². The Morgan fingerprint density at radius 2 is 2.07 bits per heavy atom. The Kier molecular flexibility index (Phi) is 1.85. The van der Waals surface area contributed by atoms with Crippen molar-refractivity contribution in [2.45, 2.75) is 25.6 Å². The molecule has 2 aliphatic rings. The third-order valence-corrected chi connectivity index (χ3v) is 3.39. The standard InChI is InChI=1S/C12H14O2/c1-8-11-6-9-4-2-3-5-10(9)12(11)14-7-13-8/h2-5,8,11-12H,6-7H2,1H3/t8-,11+,12+/m1/s1. The molecule has 2 nitrogen and oxygen atoms in total. The number of fused-ring (bicyclic) bond motifs is 3. The fourth-order valence-corrected chi connectivity index (χ4v) is 2.56. The van der Waals surface area contributed by atoms with E-state index < -0.39 is 0 Å². The molecule has 0 aromatic heterocycles. The van der Waals surface area contributed by atoms with Gasteiger partial charge in [0.25, 0.3) is 0 Å². The average Bonchev–Trinajstić information content (AvgIpc) is 2.59. The van der Waals surface area contributed by atoms with Crippen LogP contribution in [0.1, 0.15) is 24.2 Å². The van der Waals surface area contributed by atoms with E-state index in [1.807, 2.05) is 0 Å². The zero-order valence-electron chi connectivity index (χ0n) is 8.27. The predicted molar refractivity (Wildman–Crippen MR) is 52.9 cm³/mol. The summed E-state index contributed by atoms with van der Waals surface area (Å²) in [5, 5.41) is 0. The lowest BCUT2D eigenvalue weighted by molar-refractivity contribution is -0.199. The first-order valence-electron chi connectivity index (χ1n) is 5.17. The lowest BCUT2D eigenvalue weighted by Crippen LogP contribution is -2.32. The van der Waals surface area contributed by atoms with Gasteiger partial charge in [0.2, 0.25) is 0 Å².